The lowest BCUT2D eigenvalue weighted by Crippen LogP contribution is -2.46. The van der Waals surface area contributed by atoms with Crippen LogP contribution in [0, 0.1) is 6.92 Å². The highest BCUT2D eigenvalue weighted by atomic mass is 35.5. The second-order valence-electron chi connectivity index (χ2n) is 5.84. The average Bonchev–Trinajstić information content (AvgIpc) is 2.53. The number of carbonyl (C=O) groups is 2. The van der Waals surface area contributed by atoms with Gasteiger partial charge in [0.25, 0.3) is 5.91 Å². The molecular formula is C17H26ClN3O2. The van der Waals surface area contributed by atoms with E-state index in [9.17, 15) is 9.59 Å². The minimum absolute atomic E-state index is 0. The summed E-state index contributed by atoms with van der Waals surface area (Å²) in [6, 6.07) is 7.73. The van der Waals surface area contributed by atoms with Crippen LogP contribution in [0.1, 0.15) is 41.6 Å². The van der Waals surface area contributed by atoms with Crippen LogP contribution in [0.15, 0.2) is 24.3 Å². The molecule has 0 atom stereocenters. The fourth-order valence-corrected chi connectivity index (χ4v) is 2.78. The van der Waals surface area contributed by atoms with Gasteiger partial charge in [0.15, 0.2) is 0 Å². The third-order valence-corrected chi connectivity index (χ3v) is 4.17. The Labute approximate surface area is 144 Å². The Morgan fingerprint density at radius 3 is 2.52 bits per heavy atom. The molecule has 0 radical (unpaired) electrons. The Bertz CT molecular complexity index is 528. The van der Waals surface area contributed by atoms with E-state index in [1.165, 1.54) is 0 Å². The van der Waals surface area contributed by atoms with Gasteiger partial charge in [-0.05, 0) is 44.4 Å². The van der Waals surface area contributed by atoms with E-state index < -0.39 is 0 Å². The summed E-state index contributed by atoms with van der Waals surface area (Å²) in [5.74, 6) is 0.153. The predicted molar refractivity (Wildman–Crippen MR) is 93.8 cm³/mol. The maximum atomic E-state index is 12.3. The van der Waals surface area contributed by atoms with Crippen molar-refractivity contribution >= 4 is 24.2 Å². The van der Waals surface area contributed by atoms with Crippen LogP contribution in [-0.2, 0) is 4.79 Å². The van der Waals surface area contributed by atoms with Gasteiger partial charge in [0, 0.05) is 31.1 Å². The number of halogens is 1. The normalized spacial score (nSPS) is 15.0. The van der Waals surface area contributed by atoms with Crippen molar-refractivity contribution in [2.75, 3.05) is 19.6 Å². The van der Waals surface area contributed by atoms with Gasteiger partial charge < -0.3 is 16.0 Å². The Morgan fingerprint density at radius 1 is 1.26 bits per heavy atom. The summed E-state index contributed by atoms with van der Waals surface area (Å²) in [6.07, 6.45) is 2.89. The van der Waals surface area contributed by atoms with Crippen LogP contribution >= 0.6 is 12.4 Å². The number of amides is 2. The summed E-state index contributed by atoms with van der Waals surface area (Å²) in [4.78, 5) is 26.1. The quantitative estimate of drug-likeness (QED) is 0.860. The predicted octanol–water partition coefficient (Wildman–Crippen LogP) is 1.88. The molecule has 2 rings (SSSR count). The first-order valence-electron chi connectivity index (χ1n) is 7.96. The van der Waals surface area contributed by atoms with E-state index in [0.717, 1.165) is 30.4 Å². The van der Waals surface area contributed by atoms with E-state index in [4.69, 9.17) is 5.73 Å². The van der Waals surface area contributed by atoms with Crippen LogP contribution < -0.4 is 11.1 Å². The van der Waals surface area contributed by atoms with Crippen molar-refractivity contribution in [2.45, 2.75) is 38.6 Å². The van der Waals surface area contributed by atoms with Crippen molar-refractivity contribution in [1.82, 2.24) is 10.2 Å². The molecule has 2 amide bonds. The van der Waals surface area contributed by atoms with E-state index in [1.807, 2.05) is 36.1 Å². The zero-order valence-electron chi connectivity index (χ0n) is 13.6. The molecule has 0 spiro atoms. The molecule has 6 heteroatoms. The van der Waals surface area contributed by atoms with Gasteiger partial charge in [-0.3, -0.25) is 9.59 Å². The van der Waals surface area contributed by atoms with Gasteiger partial charge >= 0.3 is 0 Å². The van der Waals surface area contributed by atoms with Gasteiger partial charge in [0.2, 0.25) is 5.91 Å². The van der Waals surface area contributed by atoms with E-state index in [1.54, 1.807) is 0 Å². The smallest absolute Gasteiger partial charge is 0.251 e. The summed E-state index contributed by atoms with van der Waals surface area (Å²) in [6.45, 7) is 3.91. The molecule has 128 valence electrons. The molecule has 3 N–H and O–H groups in total. The zero-order chi connectivity index (χ0) is 15.9. The molecular weight excluding hydrogens is 314 g/mol. The van der Waals surface area contributed by atoms with Crippen LogP contribution in [-0.4, -0.2) is 42.4 Å². The third kappa shape index (κ3) is 5.52. The molecule has 1 saturated heterocycles. The molecule has 5 nitrogen and oxygen atoms in total. The van der Waals surface area contributed by atoms with Crippen molar-refractivity contribution < 1.29 is 9.59 Å². The fraction of sp³-hybridized carbons (Fsp3) is 0.529. The van der Waals surface area contributed by atoms with Crippen molar-refractivity contribution in [3.8, 4) is 0 Å². The number of hydrogen-bond acceptors (Lipinski definition) is 3. The molecule has 0 aromatic heterocycles. The minimum atomic E-state index is -0.0222. The molecule has 1 aliphatic rings. The van der Waals surface area contributed by atoms with E-state index in [0.29, 0.717) is 26.1 Å². The highest BCUT2D eigenvalue weighted by Crippen LogP contribution is 2.14. The largest absolute Gasteiger partial charge is 0.349 e. The summed E-state index contributed by atoms with van der Waals surface area (Å²) in [5, 5.41) is 3.08. The molecule has 23 heavy (non-hydrogen) atoms. The number of benzene rings is 1. The first kappa shape index (κ1) is 19.5. The monoisotopic (exact) mass is 339 g/mol. The van der Waals surface area contributed by atoms with Gasteiger partial charge in [-0.1, -0.05) is 18.2 Å². The van der Waals surface area contributed by atoms with E-state index in [-0.39, 0.29) is 30.3 Å². The molecule has 1 aromatic carbocycles. The van der Waals surface area contributed by atoms with Crippen LogP contribution in [0.25, 0.3) is 0 Å². The number of nitrogens with zero attached hydrogens (tertiary/aromatic N) is 1. The van der Waals surface area contributed by atoms with Gasteiger partial charge in [0.05, 0.1) is 0 Å². The van der Waals surface area contributed by atoms with Crippen LogP contribution in [0.2, 0.25) is 0 Å². The van der Waals surface area contributed by atoms with Crippen molar-refractivity contribution in [3.63, 3.8) is 0 Å². The van der Waals surface area contributed by atoms with E-state index >= 15 is 0 Å². The lowest BCUT2D eigenvalue weighted by Gasteiger charge is -2.32. The Hall–Kier alpha value is -1.59. The average molecular weight is 340 g/mol. The van der Waals surface area contributed by atoms with Crippen molar-refractivity contribution in [3.05, 3.63) is 35.4 Å². The van der Waals surface area contributed by atoms with Crippen LogP contribution in [0.3, 0.4) is 0 Å². The lowest BCUT2D eigenvalue weighted by molar-refractivity contribution is -0.132. The number of rotatable bonds is 5. The van der Waals surface area contributed by atoms with Crippen molar-refractivity contribution in [2.24, 2.45) is 5.73 Å². The number of nitrogens with two attached hydrogens (primary N) is 1. The zero-order valence-corrected chi connectivity index (χ0v) is 14.4. The summed E-state index contributed by atoms with van der Waals surface area (Å²) < 4.78 is 0. The van der Waals surface area contributed by atoms with Gasteiger partial charge in [-0.2, -0.15) is 0 Å². The molecule has 0 unspecified atom stereocenters. The molecule has 1 aliphatic heterocycles. The highest BCUT2D eigenvalue weighted by Gasteiger charge is 2.24. The number of piperidine rings is 1. The number of carbonyl (C=O) groups excluding carboxylic acids is 2. The van der Waals surface area contributed by atoms with E-state index in [2.05, 4.69) is 5.32 Å². The summed E-state index contributed by atoms with van der Waals surface area (Å²) >= 11 is 0. The number of hydrogen-bond donors (Lipinski definition) is 2. The maximum Gasteiger partial charge on any atom is 0.251 e. The minimum Gasteiger partial charge on any atom is -0.349 e. The maximum absolute atomic E-state index is 12.3. The molecule has 1 heterocycles. The summed E-state index contributed by atoms with van der Waals surface area (Å²) in [7, 11) is 0. The number of likely N-dealkylation sites (tertiary alicyclic amines) is 1. The Balaban J connectivity index is 0.00000264. The Kier molecular flexibility index (Phi) is 8.06. The topological polar surface area (TPSA) is 75.4 Å². The second kappa shape index (κ2) is 9.53. The first-order valence-corrected chi connectivity index (χ1v) is 7.96. The van der Waals surface area contributed by atoms with Gasteiger partial charge in [-0.15, -0.1) is 12.4 Å². The Morgan fingerprint density at radius 2 is 1.91 bits per heavy atom. The third-order valence-electron chi connectivity index (χ3n) is 4.17. The van der Waals surface area contributed by atoms with Crippen molar-refractivity contribution in [1.29, 1.82) is 0 Å². The molecule has 1 fully saturated rings. The second-order valence-corrected chi connectivity index (χ2v) is 5.84. The molecule has 0 saturated carbocycles. The molecule has 0 bridgehead atoms. The summed E-state index contributed by atoms with van der Waals surface area (Å²) in [5.41, 5.74) is 7.14. The SMILES string of the molecule is Cc1ccccc1C(=O)NC1CCN(C(=O)CCCN)CC1.Cl. The lowest BCUT2D eigenvalue weighted by atomic mass is 10.0. The van der Waals surface area contributed by atoms with Crippen LogP contribution in [0.4, 0.5) is 0 Å². The standard InChI is InChI=1S/C17H25N3O2.ClH/c1-13-5-2-3-6-15(13)17(22)19-14-8-11-20(12-9-14)16(21)7-4-10-18;/h2-3,5-6,14H,4,7-12,18H2,1H3,(H,19,22);1H. The number of nitrogens with one attached hydrogen (secondary N) is 1. The van der Waals surface area contributed by atoms with Gasteiger partial charge in [0.1, 0.15) is 0 Å². The fourth-order valence-electron chi connectivity index (χ4n) is 2.78. The number of aryl methyl sites for hydroxylation is 1. The van der Waals surface area contributed by atoms with Gasteiger partial charge in [-0.25, -0.2) is 0 Å². The van der Waals surface area contributed by atoms with Crippen LogP contribution in [0.5, 0.6) is 0 Å². The molecule has 1 aromatic rings. The molecule has 0 aliphatic carbocycles. The highest BCUT2D eigenvalue weighted by molar-refractivity contribution is 5.95. The first-order chi connectivity index (χ1) is 10.6.